The molecular formula is C12H17NO2. The molecule has 0 aliphatic heterocycles. The van der Waals surface area contributed by atoms with Gasteiger partial charge in [0.15, 0.2) is 0 Å². The Bertz CT molecular complexity index is 336. The maximum Gasteiger partial charge on any atom is 0.306 e. The van der Waals surface area contributed by atoms with Gasteiger partial charge in [0.05, 0.1) is 5.92 Å². The molecule has 0 aromatic carbocycles. The first-order chi connectivity index (χ1) is 7.15. The first-order valence-electron chi connectivity index (χ1n) is 5.28. The summed E-state index contributed by atoms with van der Waals surface area (Å²) < 4.78 is 0. The van der Waals surface area contributed by atoms with E-state index < -0.39 is 5.97 Å². The molecule has 0 radical (unpaired) electrons. The summed E-state index contributed by atoms with van der Waals surface area (Å²) in [5, 5.41) is 9.03. The topological polar surface area (TPSA) is 50.2 Å². The second-order valence-electron chi connectivity index (χ2n) is 3.79. The van der Waals surface area contributed by atoms with E-state index in [9.17, 15) is 4.79 Å². The van der Waals surface area contributed by atoms with Crippen LogP contribution in [0, 0.1) is 12.8 Å². The van der Waals surface area contributed by atoms with Gasteiger partial charge in [-0.15, -0.1) is 0 Å². The maximum absolute atomic E-state index is 11.0. The summed E-state index contributed by atoms with van der Waals surface area (Å²) in [6.45, 7) is 3.97. The lowest BCUT2D eigenvalue weighted by Gasteiger charge is -2.11. The van der Waals surface area contributed by atoms with Gasteiger partial charge in [-0.2, -0.15) is 0 Å². The van der Waals surface area contributed by atoms with Crippen LogP contribution in [0.15, 0.2) is 18.3 Å². The third-order valence-electron chi connectivity index (χ3n) is 2.54. The Balaban J connectivity index is 2.74. The van der Waals surface area contributed by atoms with Gasteiger partial charge in [0, 0.05) is 18.3 Å². The Hall–Kier alpha value is -1.38. The van der Waals surface area contributed by atoms with Gasteiger partial charge in [0.2, 0.25) is 0 Å². The summed E-state index contributed by atoms with van der Waals surface area (Å²) in [7, 11) is 0. The number of aliphatic carboxylic acids is 1. The number of carboxylic acids is 1. The lowest BCUT2D eigenvalue weighted by molar-refractivity contribution is -0.142. The summed E-state index contributed by atoms with van der Waals surface area (Å²) in [6, 6.07) is 3.83. The van der Waals surface area contributed by atoms with Gasteiger partial charge < -0.3 is 5.11 Å². The molecule has 0 saturated carbocycles. The highest BCUT2D eigenvalue weighted by Gasteiger charge is 2.18. The summed E-state index contributed by atoms with van der Waals surface area (Å²) in [5.74, 6) is -1.02. The van der Waals surface area contributed by atoms with Crippen molar-refractivity contribution in [2.45, 2.75) is 33.1 Å². The van der Waals surface area contributed by atoms with Gasteiger partial charge >= 0.3 is 5.97 Å². The molecule has 0 bridgehead atoms. The monoisotopic (exact) mass is 207 g/mol. The zero-order valence-corrected chi connectivity index (χ0v) is 9.23. The second kappa shape index (κ2) is 5.49. The summed E-state index contributed by atoms with van der Waals surface area (Å²) in [6.07, 6.45) is 3.86. The molecule has 0 saturated heterocycles. The molecule has 0 spiro atoms. The van der Waals surface area contributed by atoms with E-state index in [2.05, 4.69) is 4.98 Å². The minimum atomic E-state index is -0.720. The van der Waals surface area contributed by atoms with Crippen LogP contribution in [-0.4, -0.2) is 16.1 Å². The number of hydrogen-bond donors (Lipinski definition) is 1. The molecule has 1 atom stereocenters. The Morgan fingerprint density at radius 1 is 1.60 bits per heavy atom. The fourth-order valence-electron chi connectivity index (χ4n) is 1.63. The average Bonchev–Trinajstić information content (AvgIpc) is 2.20. The number of hydrogen-bond acceptors (Lipinski definition) is 2. The molecular weight excluding hydrogens is 190 g/mol. The molecule has 1 rings (SSSR count). The third-order valence-corrected chi connectivity index (χ3v) is 2.54. The third kappa shape index (κ3) is 3.35. The quantitative estimate of drug-likeness (QED) is 0.806. The van der Waals surface area contributed by atoms with Gasteiger partial charge in [-0.25, -0.2) is 0 Å². The second-order valence-corrected chi connectivity index (χ2v) is 3.79. The molecule has 3 heteroatoms. The first kappa shape index (κ1) is 11.7. The fraction of sp³-hybridized carbons (Fsp3) is 0.500. The highest BCUT2D eigenvalue weighted by Crippen LogP contribution is 2.15. The van der Waals surface area contributed by atoms with Gasteiger partial charge in [-0.05, 0) is 25.0 Å². The van der Waals surface area contributed by atoms with E-state index in [1.165, 1.54) is 0 Å². The minimum absolute atomic E-state index is 0.302. The Kier molecular flexibility index (Phi) is 4.28. The van der Waals surface area contributed by atoms with Crippen LogP contribution in [0.4, 0.5) is 0 Å². The smallest absolute Gasteiger partial charge is 0.306 e. The summed E-state index contributed by atoms with van der Waals surface area (Å²) in [4.78, 5) is 15.2. The van der Waals surface area contributed by atoms with Crippen LogP contribution in [0.1, 0.15) is 31.0 Å². The van der Waals surface area contributed by atoms with Crippen molar-refractivity contribution < 1.29 is 9.90 Å². The first-order valence-corrected chi connectivity index (χ1v) is 5.28. The highest BCUT2D eigenvalue weighted by atomic mass is 16.4. The number of rotatable bonds is 5. The van der Waals surface area contributed by atoms with E-state index in [4.69, 9.17) is 5.11 Å². The Morgan fingerprint density at radius 3 is 2.87 bits per heavy atom. The predicted octanol–water partition coefficient (Wildman–Crippen LogP) is 2.43. The van der Waals surface area contributed by atoms with Crippen molar-refractivity contribution in [1.82, 2.24) is 4.98 Å². The van der Waals surface area contributed by atoms with Crippen molar-refractivity contribution in [3.8, 4) is 0 Å². The molecule has 1 unspecified atom stereocenters. The lowest BCUT2D eigenvalue weighted by Crippen LogP contribution is -2.17. The van der Waals surface area contributed by atoms with Crippen LogP contribution in [0.25, 0.3) is 0 Å². The van der Waals surface area contributed by atoms with E-state index >= 15 is 0 Å². The van der Waals surface area contributed by atoms with Crippen LogP contribution < -0.4 is 0 Å². The summed E-state index contributed by atoms with van der Waals surface area (Å²) >= 11 is 0. The molecule has 1 aromatic heterocycles. The minimum Gasteiger partial charge on any atom is -0.481 e. The van der Waals surface area contributed by atoms with E-state index in [0.717, 1.165) is 17.7 Å². The number of aryl methyl sites for hydroxylation is 1. The van der Waals surface area contributed by atoms with Crippen LogP contribution in [0.2, 0.25) is 0 Å². The van der Waals surface area contributed by atoms with E-state index in [-0.39, 0.29) is 5.92 Å². The molecule has 82 valence electrons. The average molecular weight is 207 g/mol. The Morgan fingerprint density at radius 2 is 2.33 bits per heavy atom. The van der Waals surface area contributed by atoms with Crippen molar-refractivity contribution in [1.29, 1.82) is 0 Å². The normalized spacial score (nSPS) is 12.4. The van der Waals surface area contributed by atoms with Gasteiger partial charge in [0.1, 0.15) is 0 Å². The van der Waals surface area contributed by atoms with Gasteiger partial charge in [0.25, 0.3) is 0 Å². The van der Waals surface area contributed by atoms with Crippen molar-refractivity contribution >= 4 is 5.97 Å². The molecule has 0 aliphatic rings. The molecule has 1 N–H and O–H groups in total. The van der Waals surface area contributed by atoms with Crippen LogP contribution >= 0.6 is 0 Å². The molecule has 3 nitrogen and oxygen atoms in total. The van der Waals surface area contributed by atoms with Crippen LogP contribution in [0.3, 0.4) is 0 Å². The number of nitrogens with zero attached hydrogens (tertiary/aromatic N) is 1. The van der Waals surface area contributed by atoms with Crippen LogP contribution in [-0.2, 0) is 11.2 Å². The largest absolute Gasteiger partial charge is 0.481 e. The molecule has 1 heterocycles. The molecule has 15 heavy (non-hydrogen) atoms. The number of aromatic nitrogens is 1. The number of carbonyl (C=O) groups is 1. The van der Waals surface area contributed by atoms with Crippen molar-refractivity contribution in [3.63, 3.8) is 0 Å². The van der Waals surface area contributed by atoms with Crippen LogP contribution in [0.5, 0.6) is 0 Å². The van der Waals surface area contributed by atoms with Gasteiger partial charge in [-0.3, -0.25) is 9.78 Å². The maximum atomic E-state index is 11.0. The summed E-state index contributed by atoms with van der Waals surface area (Å²) in [5.41, 5.74) is 1.97. The highest BCUT2D eigenvalue weighted by molar-refractivity contribution is 5.70. The van der Waals surface area contributed by atoms with E-state index in [1.54, 1.807) is 6.20 Å². The zero-order valence-electron chi connectivity index (χ0n) is 9.23. The van der Waals surface area contributed by atoms with Crippen molar-refractivity contribution in [3.05, 3.63) is 29.6 Å². The van der Waals surface area contributed by atoms with E-state index in [0.29, 0.717) is 12.8 Å². The number of carboxylic acid groups (broad SMARTS) is 1. The SMILES string of the molecule is CCCC(Cc1ncccc1C)C(=O)O. The van der Waals surface area contributed by atoms with Gasteiger partial charge in [-0.1, -0.05) is 19.4 Å². The standard InChI is InChI=1S/C12H17NO2/c1-3-5-10(12(14)15)8-11-9(2)6-4-7-13-11/h4,6-7,10H,3,5,8H2,1-2H3,(H,14,15). The molecule has 0 aliphatic carbocycles. The molecule has 0 amide bonds. The zero-order chi connectivity index (χ0) is 11.3. The fourth-order valence-corrected chi connectivity index (χ4v) is 1.63. The molecule has 1 aromatic rings. The number of pyridine rings is 1. The molecule has 0 fully saturated rings. The Labute approximate surface area is 90.2 Å². The van der Waals surface area contributed by atoms with Crippen molar-refractivity contribution in [2.75, 3.05) is 0 Å². The predicted molar refractivity (Wildman–Crippen MR) is 58.7 cm³/mol. The van der Waals surface area contributed by atoms with E-state index in [1.807, 2.05) is 26.0 Å². The van der Waals surface area contributed by atoms with Crippen molar-refractivity contribution in [2.24, 2.45) is 5.92 Å². The lowest BCUT2D eigenvalue weighted by atomic mass is 9.96.